The second kappa shape index (κ2) is 10.7. The van der Waals surface area contributed by atoms with Gasteiger partial charge >= 0.3 is 0 Å². The molecule has 1 atom stereocenters. The predicted molar refractivity (Wildman–Crippen MR) is 122 cm³/mol. The van der Waals surface area contributed by atoms with Gasteiger partial charge in [0.15, 0.2) is 0 Å². The molecule has 2 aromatic rings. The van der Waals surface area contributed by atoms with Crippen molar-refractivity contribution in [1.29, 1.82) is 0 Å². The average molecular weight is 412 g/mol. The molecule has 6 heteroatoms. The first-order valence-electron chi connectivity index (χ1n) is 10.4. The third-order valence-electron chi connectivity index (χ3n) is 5.02. The summed E-state index contributed by atoms with van der Waals surface area (Å²) in [4.78, 5) is 27.7. The molecular formula is C24H33N3O3. The smallest absolute Gasteiger partial charge is 0.251 e. The maximum absolute atomic E-state index is 12.8. The number of amides is 2. The Kier molecular flexibility index (Phi) is 8.27. The third kappa shape index (κ3) is 5.99. The molecule has 2 amide bonds. The number of nitrogens with zero attached hydrogens (tertiary/aromatic N) is 1. The Labute approximate surface area is 179 Å². The van der Waals surface area contributed by atoms with Crippen LogP contribution in [0.15, 0.2) is 48.5 Å². The van der Waals surface area contributed by atoms with Crippen LogP contribution in [0.5, 0.6) is 5.75 Å². The van der Waals surface area contributed by atoms with E-state index in [-0.39, 0.29) is 17.7 Å². The SMILES string of the molecule is CCN(c1ccc(NC(=O)C(NC(=O)c2ccc(OC)cc2)C(C)C)cc1)C(C)C. The van der Waals surface area contributed by atoms with Crippen LogP contribution in [0.3, 0.4) is 0 Å². The Morgan fingerprint density at radius 2 is 1.57 bits per heavy atom. The van der Waals surface area contributed by atoms with Gasteiger partial charge in [-0.3, -0.25) is 9.59 Å². The molecule has 0 fully saturated rings. The van der Waals surface area contributed by atoms with E-state index in [9.17, 15) is 9.59 Å². The van der Waals surface area contributed by atoms with Gasteiger partial charge in [-0.2, -0.15) is 0 Å². The van der Waals surface area contributed by atoms with Crippen LogP contribution in [0.1, 0.15) is 45.0 Å². The summed E-state index contributed by atoms with van der Waals surface area (Å²) in [5.74, 6) is 0.0726. The van der Waals surface area contributed by atoms with Gasteiger partial charge in [-0.15, -0.1) is 0 Å². The molecule has 30 heavy (non-hydrogen) atoms. The number of nitrogens with one attached hydrogen (secondary N) is 2. The molecule has 0 radical (unpaired) electrons. The van der Waals surface area contributed by atoms with Gasteiger partial charge in [-0.1, -0.05) is 13.8 Å². The molecule has 0 spiro atoms. The summed E-state index contributed by atoms with van der Waals surface area (Å²) >= 11 is 0. The summed E-state index contributed by atoms with van der Waals surface area (Å²) in [5.41, 5.74) is 2.29. The van der Waals surface area contributed by atoms with Gasteiger partial charge in [0, 0.05) is 29.5 Å². The molecular weight excluding hydrogens is 378 g/mol. The van der Waals surface area contributed by atoms with Crippen molar-refractivity contribution in [2.45, 2.75) is 46.7 Å². The predicted octanol–water partition coefficient (Wildman–Crippen LogP) is 4.32. The lowest BCUT2D eigenvalue weighted by Crippen LogP contribution is -2.47. The quantitative estimate of drug-likeness (QED) is 0.645. The van der Waals surface area contributed by atoms with Crippen molar-refractivity contribution in [3.05, 3.63) is 54.1 Å². The van der Waals surface area contributed by atoms with Crippen molar-refractivity contribution in [1.82, 2.24) is 5.32 Å². The van der Waals surface area contributed by atoms with Gasteiger partial charge in [0.1, 0.15) is 11.8 Å². The van der Waals surface area contributed by atoms with Crippen LogP contribution < -0.4 is 20.3 Å². The Balaban J connectivity index is 2.07. The maximum Gasteiger partial charge on any atom is 0.251 e. The van der Waals surface area contributed by atoms with Gasteiger partial charge < -0.3 is 20.3 Å². The zero-order chi connectivity index (χ0) is 22.3. The molecule has 2 N–H and O–H groups in total. The fraction of sp³-hybridized carbons (Fsp3) is 0.417. The number of carbonyl (C=O) groups is 2. The summed E-state index contributed by atoms with van der Waals surface area (Å²) in [7, 11) is 1.57. The van der Waals surface area contributed by atoms with E-state index in [4.69, 9.17) is 4.74 Å². The standard InChI is InChI=1S/C24H33N3O3/c1-7-27(17(4)5)20-12-10-19(11-13-20)25-24(29)22(16(2)3)26-23(28)18-8-14-21(30-6)15-9-18/h8-17,22H,7H2,1-6H3,(H,25,29)(H,26,28). The molecule has 0 heterocycles. The molecule has 0 aliphatic rings. The minimum atomic E-state index is -0.651. The van der Waals surface area contributed by atoms with E-state index in [0.717, 1.165) is 12.2 Å². The van der Waals surface area contributed by atoms with Crippen LogP contribution in [0, 0.1) is 5.92 Å². The van der Waals surface area contributed by atoms with Crippen LogP contribution in [0.4, 0.5) is 11.4 Å². The van der Waals surface area contributed by atoms with Gasteiger partial charge in [-0.25, -0.2) is 0 Å². The van der Waals surface area contributed by atoms with Crippen LogP contribution in [-0.4, -0.2) is 37.6 Å². The molecule has 1 unspecified atom stereocenters. The highest BCUT2D eigenvalue weighted by atomic mass is 16.5. The second-order valence-corrected chi connectivity index (χ2v) is 7.84. The highest BCUT2D eigenvalue weighted by molar-refractivity contribution is 6.01. The topological polar surface area (TPSA) is 70.7 Å². The van der Waals surface area contributed by atoms with E-state index >= 15 is 0 Å². The van der Waals surface area contributed by atoms with Crippen molar-refractivity contribution >= 4 is 23.2 Å². The van der Waals surface area contributed by atoms with Gasteiger partial charge in [0.05, 0.1) is 7.11 Å². The summed E-state index contributed by atoms with van der Waals surface area (Å²) in [5, 5.41) is 5.76. The minimum Gasteiger partial charge on any atom is -0.497 e. The minimum absolute atomic E-state index is 0.0667. The van der Waals surface area contributed by atoms with E-state index in [1.807, 2.05) is 38.1 Å². The molecule has 0 saturated heterocycles. The van der Waals surface area contributed by atoms with Gasteiger partial charge in [-0.05, 0) is 75.2 Å². The molecule has 2 rings (SSSR count). The van der Waals surface area contributed by atoms with Crippen LogP contribution in [0.25, 0.3) is 0 Å². The largest absolute Gasteiger partial charge is 0.497 e. The summed E-state index contributed by atoms with van der Waals surface area (Å²) in [6.07, 6.45) is 0. The van der Waals surface area contributed by atoms with Crippen molar-refractivity contribution in [3.63, 3.8) is 0 Å². The summed E-state index contributed by atoms with van der Waals surface area (Å²) in [6.45, 7) is 11.1. The molecule has 6 nitrogen and oxygen atoms in total. The fourth-order valence-corrected chi connectivity index (χ4v) is 3.30. The lowest BCUT2D eigenvalue weighted by Gasteiger charge is -2.27. The van der Waals surface area contributed by atoms with Crippen LogP contribution in [0.2, 0.25) is 0 Å². The van der Waals surface area contributed by atoms with Crippen molar-refractivity contribution in [3.8, 4) is 5.75 Å². The molecule has 2 aromatic carbocycles. The third-order valence-corrected chi connectivity index (χ3v) is 5.02. The van der Waals surface area contributed by atoms with E-state index in [1.54, 1.807) is 31.4 Å². The van der Waals surface area contributed by atoms with Crippen molar-refractivity contribution in [2.24, 2.45) is 5.92 Å². The maximum atomic E-state index is 12.8. The van der Waals surface area contributed by atoms with E-state index < -0.39 is 6.04 Å². The number of carbonyl (C=O) groups excluding carboxylic acids is 2. The first-order chi connectivity index (χ1) is 14.3. The molecule has 0 bridgehead atoms. The normalized spacial score (nSPS) is 11.9. The Bertz CT molecular complexity index is 830. The highest BCUT2D eigenvalue weighted by Gasteiger charge is 2.25. The van der Waals surface area contributed by atoms with Crippen molar-refractivity contribution in [2.75, 3.05) is 23.9 Å². The van der Waals surface area contributed by atoms with E-state index in [2.05, 4.69) is 36.3 Å². The number of anilines is 2. The lowest BCUT2D eigenvalue weighted by atomic mass is 10.0. The zero-order valence-electron chi connectivity index (χ0n) is 18.7. The molecule has 162 valence electrons. The highest BCUT2D eigenvalue weighted by Crippen LogP contribution is 2.20. The summed E-state index contributed by atoms with van der Waals surface area (Å²) < 4.78 is 5.12. The van der Waals surface area contributed by atoms with E-state index in [1.165, 1.54) is 0 Å². The van der Waals surface area contributed by atoms with Crippen LogP contribution >= 0.6 is 0 Å². The number of methoxy groups -OCH3 is 1. The first-order valence-corrected chi connectivity index (χ1v) is 10.4. The number of rotatable bonds is 9. The van der Waals surface area contributed by atoms with Gasteiger partial charge in [0.25, 0.3) is 5.91 Å². The summed E-state index contributed by atoms with van der Waals surface area (Å²) in [6, 6.07) is 14.3. The van der Waals surface area contributed by atoms with Crippen LogP contribution in [-0.2, 0) is 4.79 Å². The molecule has 0 aliphatic heterocycles. The monoisotopic (exact) mass is 411 g/mol. The van der Waals surface area contributed by atoms with Crippen molar-refractivity contribution < 1.29 is 14.3 Å². The number of benzene rings is 2. The number of ether oxygens (including phenoxy) is 1. The molecule has 0 aliphatic carbocycles. The lowest BCUT2D eigenvalue weighted by molar-refractivity contribution is -0.118. The number of hydrogen-bond donors (Lipinski definition) is 2. The van der Waals surface area contributed by atoms with E-state index in [0.29, 0.717) is 23.0 Å². The average Bonchev–Trinajstić information content (AvgIpc) is 2.73. The fourth-order valence-electron chi connectivity index (χ4n) is 3.30. The van der Waals surface area contributed by atoms with Gasteiger partial charge in [0.2, 0.25) is 5.91 Å². The number of hydrogen-bond acceptors (Lipinski definition) is 4. The first kappa shape index (κ1) is 23.3. The second-order valence-electron chi connectivity index (χ2n) is 7.84. The zero-order valence-corrected chi connectivity index (χ0v) is 18.7. The Morgan fingerprint density at radius 1 is 0.967 bits per heavy atom. The Morgan fingerprint density at radius 3 is 2.03 bits per heavy atom. The molecule has 0 aromatic heterocycles. The molecule has 0 saturated carbocycles. The Hall–Kier alpha value is -3.02.